The van der Waals surface area contributed by atoms with E-state index in [1.807, 2.05) is 0 Å². The van der Waals surface area contributed by atoms with E-state index in [1.54, 1.807) is 0 Å². The van der Waals surface area contributed by atoms with Gasteiger partial charge < -0.3 is 14.2 Å². The Morgan fingerprint density at radius 2 is 1.55 bits per heavy atom. The van der Waals surface area contributed by atoms with Gasteiger partial charge in [0.2, 0.25) is 0 Å². The van der Waals surface area contributed by atoms with Crippen molar-refractivity contribution in [2.45, 2.75) is 26.2 Å². The van der Waals surface area contributed by atoms with E-state index in [0.717, 1.165) is 25.3 Å². The number of halogens is 1. The number of rotatable bonds is 8. The highest BCUT2D eigenvalue weighted by Crippen LogP contribution is 2.43. The van der Waals surface area contributed by atoms with Gasteiger partial charge in [-0.2, -0.15) is 0 Å². The van der Waals surface area contributed by atoms with Crippen LogP contribution in [0, 0.1) is 11.7 Å². The molecule has 2 amide bonds. The van der Waals surface area contributed by atoms with E-state index in [4.69, 9.17) is 19.0 Å². The summed E-state index contributed by atoms with van der Waals surface area (Å²) in [6.07, 6.45) is 0. The summed E-state index contributed by atoms with van der Waals surface area (Å²) in [4.78, 5) is 70.0. The van der Waals surface area contributed by atoms with Gasteiger partial charge in [-0.3, -0.25) is 28.8 Å². The summed E-state index contributed by atoms with van der Waals surface area (Å²) in [6.45, 7) is 3.65. The number of amides is 2. The van der Waals surface area contributed by atoms with Crippen molar-refractivity contribution in [3.63, 3.8) is 0 Å². The van der Waals surface area contributed by atoms with Crippen LogP contribution in [0.2, 0.25) is 0 Å². The monoisotopic (exact) mass is 439 g/mol. The van der Waals surface area contributed by atoms with Gasteiger partial charge in [-0.25, -0.2) is 4.39 Å². The van der Waals surface area contributed by atoms with E-state index in [1.165, 1.54) is 20.8 Å². The Balaban J connectivity index is 3.00. The average molecular weight is 439 g/mol. The van der Waals surface area contributed by atoms with Gasteiger partial charge in [0.1, 0.15) is 5.82 Å². The van der Waals surface area contributed by atoms with Crippen LogP contribution in [0.5, 0.6) is 0 Å². The number of imide groups is 1. The number of ether oxygens (including phenoxy) is 3. The zero-order valence-electron chi connectivity index (χ0n) is 17.4. The minimum atomic E-state index is -2.82. The Morgan fingerprint density at radius 1 is 1.00 bits per heavy atom. The Hall–Kier alpha value is -3.34. The summed E-state index contributed by atoms with van der Waals surface area (Å²) in [6, 6.07) is 2.65. The molecule has 1 aromatic rings. The van der Waals surface area contributed by atoms with Gasteiger partial charge >= 0.3 is 17.9 Å². The Bertz CT molecular complexity index is 898. The van der Waals surface area contributed by atoms with E-state index in [0.29, 0.717) is 0 Å². The zero-order chi connectivity index (χ0) is 23.3. The molecule has 1 aliphatic rings. The molecule has 1 atom stereocenters. The van der Waals surface area contributed by atoms with E-state index in [9.17, 15) is 28.4 Å². The predicted molar refractivity (Wildman–Crippen MR) is 99.7 cm³/mol. The fourth-order valence-electron chi connectivity index (χ4n) is 3.41. The van der Waals surface area contributed by atoms with Crippen molar-refractivity contribution in [3.8, 4) is 0 Å². The van der Waals surface area contributed by atoms with Crippen molar-refractivity contribution in [2.24, 2.45) is 5.92 Å². The molecular weight excluding hydrogens is 417 g/mol. The van der Waals surface area contributed by atoms with Crippen LogP contribution in [0.15, 0.2) is 18.2 Å². The maximum absolute atomic E-state index is 14.2. The topological polar surface area (TPSA) is 126 Å². The van der Waals surface area contributed by atoms with E-state index in [2.05, 4.69) is 0 Å². The van der Waals surface area contributed by atoms with Crippen LogP contribution in [0.4, 0.5) is 4.39 Å². The van der Waals surface area contributed by atoms with E-state index >= 15 is 0 Å². The summed E-state index contributed by atoms with van der Waals surface area (Å²) in [5, 5.41) is 0.211. The maximum atomic E-state index is 14.2. The van der Waals surface area contributed by atoms with Crippen LogP contribution >= 0.6 is 0 Å². The van der Waals surface area contributed by atoms with Gasteiger partial charge in [0.15, 0.2) is 11.3 Å². The van der Waals surface area contributed by atoms with Crippen LogP contribution in [-0.2, 0) is 43.6 Å². The molecule has 1 unspecified atom stereocenters. The Labute approximate surface area is 177 Å². The molecular formula is C20H22FNO9. The molecule has 11 heteroatoms. The highest BCUT2D eigenvalue weighted by atomic mass is 19.1. The molecule has 1 heterocycles. The molecule has 168 valence electrons. The van der Waals surface area contributed by atoms with Crippen LogP contribution in [0.25, 0.3) is 0 Å². The van der Waals surface area contributed by atoms with Crippen LogP contribution in [0.3, 0.4) is 0 Å². The second-order valence-electron chi connectivity index (χ2n) is 6.24. The number of esters is 3. The minimum absolute atomic E-state index is 0.204. The number of benzene rings is 1. The fraction of sp³-hybridized carbons (Fsp3) is 0.450. The Morgan fingerprint density at radius 3 is 2.03 bits per heavy atom. The first-order valence-corrected chi connectivity index (χ1v) is 9.45. The number of hydrogen-bond acceptors (Lipinski definition) is 9. The third-order valence-electron chi connectivity index (χ3n) is 4.60. The van der Waals surface area contributed by atoms with Crippen molar-refractivity contribution in [1.82, 2.24) is 5.06 Å². The lowest BCUT2D eigenvalue weighted by Crippen LogP contribution is -2.65. The number of nitrogens with zero attached hydrogens (tertiary/aromatic N) is 1. The molecule has 31 heavy (non-hydrogen) atoms. The number of hydroxylamine groups is 2. The normalized spacial score (nSPS) is 17.9. The molecule has 0 fully saturated rings. The quantitative estimate of drug-likeness (QED) is 0.251. The summed E-state index contributed by atoms with van der Waals surface area (Å²) >= 11 is 0. The minimum Gasteiger partial charge on any atom is -0.465 e. The molecule has 0 aromatic heterocycles. The first-order chi connectivity index (χ1) is 14.7. The lowest BCUT2D eigenvalue weighted by atomic mass is 9.65. The van der Waals surface area contributed by atoms with Gasteiger partial charge in [0.25, 0.3) is 11.8 Å². The summed E-state index contributed by atoms with van der Waals surface area (Å²) in [7, 11) is 0.976. The summed E-state index contributed by atoms with van der Waals surface area (Å²) in [5.41, 5.74) is -3.69. The standard InChI is InChI=1S/C20H22FNO9/c1-5-29-16(24)14(17(25)30-6-2)20(19(27)31-7-3)13-10-11(21)8-9-12(13)15(23)22(28-4)18(20)26/h8-10,14H,5-7H2,1-4H3. The van der Waals surface area contributed by atoms with Crippen LogP contribution in [-0.4, -0.2) is 61.7 Å². The van der Waals surface area contributed by atoms with Gasteiger partial charge in [0, 0.05) is 5.56 Å². The molecule has 2 rings (SSSR count). The molecule has 0 radical (unpaired) electrons. The smallest absolute Gasteiger partial charge is 0.327 e. The van der Waals surface area contributed by atoms with Crippen molar-refractivity contribution < 1.29 is 47.4 Å². The number of fused-ring (bicyclic) bond motifs is 1. The first kappa shape index (κ1) is 23.9. The second-order valence-corrected chi connectivity index (χ2v) is 6.24. The lowest BCUT2D eigenvalue weighted by Gasteiger charge is -2.41. The van der Waals surface area contributed by atoms with Gasteiger partial charge in [-0.05, 0) is 44.5 Å². The maximum Gasteiger partial charge on any atom is 0.327 e. The van der Waals surface area contributed by atoms with E-state index in [-0.39, 0.29) is 30.4 Å². The highest BCUT2D eigenvalue weighted by Gasteiger charge is 2.67. The van der Waals surface area contributed by atoms with Gasteiger partial charge in [-0.1, -0.05) is 0 Å². The average Bonchev–Trinajstić information content (AvgIpc) is 2.71. The molecule has 10 nitrogen and oxygen atoms in total. The number of carbonyl (C=O) groups excluding carboxylic acids is 5. The number of hydrogen-bond donors (Lipinski definition) is 0. The predicted octanol–water partition coefficient (Wildman–Crippen LogP) is 0.913. The molecule has 0 bridgehead atoms. The molecule has 0 spiro atoms. The summed E-state index contributed by atoms with van der Waals surface area (Å²) < 4.78 is 29.1. The van der Waals surface area contributed by atoms with Crippen molar-refractivity contribution in [2.75, 3.05) is 26.9 Å². The SMILES string of the molecule is CCOC(=O)C(C(=O)OCC)C1(C(=O)OCC)C(=O)N(OC)C(=O)c2ccc(F)cc21. The largest absolute Gasteiger partial charge is 0.465 e. The molecule has 0 N–H and O–H groups in total. The third-order valence-corrected chi connectivity index (χ3v) is 4.60. The summed E-state index contributed by atoms with van der Waals surface area (Å²) in [5.74, 6) is -9.54. The first-order valence-electron chi connectivity index (χ1n) is 9.45. The van der Waals surface area contributed by atoms with Crippen molar-refractivity contribution in [1.29, 1.82) is 0 Å². The second kappa shape index (κ2) is 9.65. The molecule has 1 aromatic carbocycles. The van der Waals surface area contributed by atoms with Gasteiger partial charge in [0.05, 0.1) is 26.9 Å². The third kappa shape index (κ3) is 3.88. The van der Waals surface area contributed by atoms with E-state index < -0.39 is 52.4 Å². The van der Waals surface area contributed by atoms with Crippen molar-refractivity contribution in [3.05, 3.63) is 35.1 Å². The number of carbonyl (C=O) groups is 5. The lowest BCUT2D eigenvalue weighted by molar-refractivity contribution is -0.190. The molecule has 0 aliphatic carbocycles. The molecule has 0 saturated heterocycles. The fourth-order valence-corrected chi connectivity index (χ4v) is 3.41. The highest BCUT2D eigenvalue weighted by molar-refractivity contribution is 6.24. The van der Waals surface area contributed by atoms with Crippen molar-refractivity contribution >= 4 is 29.7 Å². The zero-order valence-corrected chi connectivity index (χ0v) is 17.4. The van der Waals surface area contributed by atoms with Gasteiger partial charge in [-0.15, -0.1) is 5.06 Å². The Kier molecular flexibility index (Phi) is 7.45. The van der Waals surface area contributed by atoms with Crippen LogP contribution in [0.1, 0.15) is 36.7 Å². The molecule has 1 aliphatic heterocycles. The van der Waals surface area contributed by atoms with Crippen LogP contribution < -0.4 is 0 Å². The molecule has 0 saturated carbocycles.